The van der Waals surface area contributed by atoms with Crippen LogP contribution >= 0.6 is 12.2 Å². The Morgan fingerprint density at radius 1 is 1.33 bits per heavy atom. The first-order chi connectivity index (χ1) is 7.16. The Labute approximate surface area is 93.2 Å². The molecule has 0 aromatic carbocycles. The molecular formula is C11H11N3S. The van der Waals surface area contributed by atoms with Crippen LogP contribution in [0.15, 0.2) is 24.5 Å². The number of aromatic amines is 1. The van der Waals surface area contributed by atoms with Gasteiger partial charge in [-0.05, 0) is 31.5 Å². The Bertz CT molecular complexity index is 546. The fourth-order valence-corrected chi connectivity index (χ4v) is 1.76. The third-order valence-corrected chi connectivity index (χ3v) is 2.38. The molecule has 0 aliphatic carbocycles. The van der Waals surface area contributed by atoms with Gasteiger partial charge in [0.1, 0.15) is 10.5 Å². The second-order valence-corrected chi connectivity index (χ2v) is 3.83. The van der Waals surface area contributed by atoms with E-state index in [4.69, 9.17) is 12.2 Å². The first-order valence-corrected chi connectivity index (χ1v) is 5.06. The summed E-state index contributed by atoms with van der Waals surface area (Å²) in [6, 6.07) is 3.83. The SMILES string of the molecule is Cc1nc(=S)cc(-c2ccncc2C)[nH]1. The zero-order chi connectivity index (χ0) is 10.8. The lowest BCUT2D eigenvalue weighted by Crippen LogP contribution is -1.93. The maximum Gasteiger partial charge on any atom is 0.130 e. The van der Waals surface area contributed by atoms with Crippen LogP contribution in [0.4, 0.5) is 0 Å². The van der Waals surface area contributed by atoms with E-state index in [2.05, 4.69) is 15.0 Å². The zero-order valence-electron chi connectivity index (χ0n) is 8.61. The number of rotatable bonds is 1. The number of aryl methyl sites for hydroxylation is 2. The minimum absolute atomic E-state index is 0.609. The largest absolute Gasteiger partial charge is 0.343 e. The summed E-state index contributed by atoms with van der Waals surface area (Å²) >= 11 is 5.08. The number of pyridine rings is 1. The van der Waals surface area contributed by atoms with Crippen LogP contribution in [-0.4, -0.2) is 15.0 Å². The van der Waals surface area contributed by atoms with Gasteiger partial charge >= 0.3 is 0 Å². The summed E-state index contributed by atoms with van der Waals surface area (Å²) in [5.41, 5.74) is 3.22. The minimum Gasteiger partial charge on any atom is -0.343 e. The van der Waals surface area contributed by atoms with Gasteiger partial charge in [0.15, 0.2) is 0 Å². The van der Waals surface area contributed by atoms with E-state index in [0.717, 1.165) is 22.6 Å². The van der Waals surface area contributed by atoms with Crippen molar-refractivity contribution in [3.8, 4) is 11.3 Å². The molecule has 0 amide bonds. The van der Waals surface area contributed by atoms with E-state index in [-0.39, 0.29) is 0 Å². The highest BCUT2D eigenvalue weighted by atomic mass is 32.1. The number of hydrogen-bond donors (Lipinski definition) is 1. The Balaban J connectivity index is 2.64. The van der Waals surface area contributed by atoms with Crippen molar-refractivity contribution in [2.75, 3.05) is 0 Å². The van der Waals surface area contributed by atoms with Gasteiger partial charge in [0.2, 0.25) is 0 Å². The topological polar surface area (TPSA) is 41.6 Å². The van der Waals surface area contributed by atoms with Crippen molar-refractivity contribution in [2.45, 2.75) is 13.8 Å². The molecule has 2 aromatic heterocycles. The van der Waals surface area contributed by atoms with Gasteiger partial charge in [0, 0.05) is 18.0 Å². The Kier molecular flexibility index (Phi) is 2.60. The quantitative estimate of drug-likeness (QED) is 0.747. The number of aromatic nitrogens is 3. The number of H-pyrrole nitrogens is 1. The van der Waals surface area contributed by atoms with Crippen molar-refractivity contribution in [1.82, 2.24) is 15.0 Å². The van der Waals surface area contributed by atoms with Gasteiger partial charge in [0.25, 0.3) is 0 Å². The van der Waals surface area contributed by atoms with E-state index in [1.54, 1.807) is 6.20 Å². The lowest BCUT2D eigenvalue weighted by molar-refractivity contribution is 1.04. The highest BCUT2D eigenvalue weighted by molar-refractivity contribution is 7.71. The molecule has 2 heterocycles. The lowest BCUT2D eigenvalue weighted by atomic mass is 10.1. The highest BCUT2D eigenvalue weighted by Crippen LogP contribution is 2.19. The normalized spacial score (nSPS) is 10.3. The summed E-state index contributed by atoms with van der Waals surface area (Å²) in [6.07, 6.45) is 3.61. The first kappa shape index (κ1) is 9.98. The third kappa shape index (κ3) is 2.10. The Hall–Kier alpha value is -1.55. The summed E-state index contributed by atoms with van der Waals surface area (Å²) in [4.78, 5) is 11.4. The monoisotopic (exact) mass is 217 g/mol. The van der Waals surface area contributed by atoms with Crippen LogP contribution in [-0.2, 0) is 0 Å². The molecule has 3 nitrogen and oxygen atoms in total. The predicted octanol–water partition coefficient (Wildman–Crippen LogP) is 2.82. The molecular weight excluding hydrogens is 206 g/mol. The molecule has 4 heteroatoms. The van der Waals surface area contributed by atoms with Crippen molar-refractivity contribution >= 4 is 12.2 Å². The van der Waals surface area contributed by atoms with Crippen LogP contribution in [0.3, 0.4) is 0 Å². The molecule has 0 saturated carbocycles. The standard InChI is InChI=1S/C11H11N3S/c1-7-6-12-4-3-9(7)10-5-11(15)14-8(2)13-10/h3-6H,1-2H3,(H,13,14,15). The molecule has 76 valence electrons. The number of nitrogens with zero attached hydrogens (tertiary/aromatic N) is 2. The first-order valence-electron chi connectivity index (χ1n) is 4.66. The van der Waals surface area contributed by atoms with Crippen molar-refractivity contribution in [3.05, 3.63) is 40.6 Å². The lowest BCUT2D eigenvalue weighted by Gasteiger charge is -2.05. The molecule has 1 N–H and O–H groups in total. The van der Waals surface area contributed by atoms with Crippen LogP contribution in [0.1, 0.15) is 11.4 Å². The average molecular weight is 217 g/mol. The molecule has 0 aliphatic rings. The molecule has 0 bridgehead atoms. The van der Waals surface area contributed by atoms with Crippen LogP contribution in [0.2, 0.25) is 0 Å². The molecule has 0 aliphatic heterocycles. The summed E-state index contributed by atoms with van der Waals surface area (Å²) in [6.45, 7) is 3.92. The van der Waals surface area contributed by atoms with E-state index in [1.807, 2.05) is 32.2 Å². The maximum atomic E-state index is 5.08. The maximum absolute atomic E-state index is 5.08. The molecule has 2 rings (SSSR count). The summed E-state index contributed by atoms with van der Waals surface area (Å²) in [7, 11) is 0. The van der Waals surface area contributed by atoms with E-state index in [0.29, 0.717) is 4.64 Å². The van der Waals surface area contributed by atoms with Crippen LogP contribution in [0, 0.1) is 18.5 Å². The van der Waals surface area contributed by atoms with Gasteiger partial charge in [-0.3, -0.25) is 4.98 Å². The smallest absolute Gasteiger partial charge is 0.130 e. The van der Waals surface area contributed by atoms with E-state index in [1.165, 1.54) is 0 Å². The fraction of sp³-hybridized carbons (Fsp3) is 0.182. The van der Waals surface area contributed by atoms with Gasteiger partial charge < -0.3 is 4.98 Å². The van der Waals surface area contributed by atoms with Crippen LogP contribution in [0.25, 0.3) is 11.3 Å². The molecule has 0 radical (unpaired) electrons. The third-order valence-electron chi connectivity index (χ3n) is 2.17. The fourth-order valence-electron chi connectivity index (χ4n) is 1.50. The summed E-state index contributed by atoms with van der Waals surface area (Å²) in [5.74, 6) is 0.828. The molecule has 0 spiro atoms. The molecule has 15 heavy (non-hydrogen) atoms. The van der Waals surface area contributed by atoms with Crippen molar-refractivity contribution in [2.24, 2.45) is 0 Å². The molecule has 0 fully saturated rings. The highest BCUT2D eigenvalue weighted by Gasteiger charge is 2.02. The van der Waals surface area contributed by atoms with Gasteiger partial charge in [-0.15, -0.1) is 0 Å². The second kappa shape index (κ2) is 3.90. The molecule has 0 unspecified atom stereocenters. The minimum atomic E-state index is 0.609. The number of hydrogen-bond acceptors (Lipinski definition) is 3. The van der Waals surface area contributed by atoms with E-state index in [9.17, 15) is 0 Å². The van der Waals surface area contributed by atoms with Gasteiger partial charge in [0.05, 0.1) is 5.69 Å². The van der Waals surface area contributed by atoms with Crippen LogP contribution in [0.5, 0.6) is 0 Å². The number of nitrogens with one attached hydrogen (secondary N) is 1. The zero-order valence-corrected chi connectivity index (χ0v) is 9.43. The van der Waals surface area contributed by atoms with Crippen molar-refractivity contribution < 1.29 is 0 Å². The predicted molar refractivity (Wildman–Crippen MR) is 62.1 cm³/mol. The Morgan fingerprint density at radius 2 is 2.13 bits per heavy atom. The molecule has 0 saturated heterocycles. The van der Waals surface area contributed by atoms with E-state index < -0.39 is 0 Å². The Morgan fingerprint density at radius 3 is 2.80 bits per heavy atom. The second-order valence-electron chi connectivity index (χ2n) is 3.41. The average Bonchev–Trinajstić information content (AvgIpc) is 2.16. The molecule has 0 atom stereocenters. The van der Waals surface area contributed by atoms with Crippen LogP contribution < -0.4 is 0 Å². The summed E-state index contributed by atoms with van der Waals surface area (Å²) < 4.78 is 0.609. The van der Waals surface area contributed by atoms with Crippen molar-refractivity contribution in [3.63, 3.8) is 0 Å². The van der Waals surface area contributed by atoms with E-state index >= 15 is 0 Å². The van der Waals surface area contributed by atoms with Gasteiger partial charge in [-0.2, -0.15) is 0 Å². The summed E-state index contributed by atoms with van der Waals surface area (Å²) in [5, 5.41) is 0. The van der Waals surface area contributed by atoms with Gasteiger partial charge in [-0.1, -0.05) is 12.2 Å². The molecule has 2 aromatic rings. The van der Waals surface area contributed by atoms with Crippen molar-refractivity contribution in [1.29, 1.82) is 0 Å². The van der Waals surface area contributed by atoms with Gasteiger partial charge in [-0.25, -0.2) is 4.98 Å².